The van der Waals surface area contributed by atoms with Gasteiger partial charge in [0, 0.05) is 6.00 Å². The van der Waals surface area contributed by atoms with E-state index in [-0.39, 0.29) is 18.8 Å². The summed E-state index contributed by atoms with van der Waals surface area (Å²) in [6, 6.07) is -0.478. The average Bonchev–Trinajstić information content (AvgIpc) is 2.40. The fourth-order valence-electron chi connectivity index (χ4n) is 1.56. The molecule has 0 aromatic rings. The Bertz CT molecular complexity index is 267. The van der Waals surface area contributed by atoms with Gasteiger partial charge in [0.15, 0.2) is 0 Å². The molecule has 8 heteroatoms. The Morgan fingerprint density at radius 2 is 2.19 bits per heavy atom. The first-order valence-electron chi connectivity index (χ1n) is 5.04. The first-order valence-corrected chi connectivity index (χ1v) is 6.57. The Hall–Kier alpha value is 0.0949. The molecule has 2 N–H and O–H groups in total. The van der Waals surface area contributed by atoms with E-state index >= 15 is 0 Å². The maximum absolute atomic E-state index is 10.5. The number of phosphoric acid groups is 1. The van der Waals surface area contributed by atoms with Gasteiger partial charge in [-0.25, -0.2) is 4.57 Å². The molecular weight excluding hydrogens is 234 g/mol. The Morgan fingerprint density at radius 1 is 1.56 bits per heavy atom. The molecule has 0 bridgehead atoms. The summed E-state index contributed by atoms with van der Waals surface area (Å²) in [7, 11) is 1.10. The van der Waals surface area contributed by atoms with Crippen LogP contribution in [0.25, 0.3) is 0 Å². The van der Waals surface area contributed by atoms with Gasteiger partial charge in [-0.1, -0.05) is 0 Å². The largest absolute Gasteiger partial charge is 0.469 e. The van der Waals surface area contributed by atoms with Crippen LogP contribution in [0.1, 0.15) is 20.3 Å². The minimum Gasteiger partial charge on any atom is -0.380 e. The highest BCUT2D eigenvalue weighted by Crippen LogP contribution is 2.37. The molecule has 0 aromatic heterocycles. The molecule has 0 amide bonds. The van der Waals surface area contributed by atoms with E-state index in [4.69, 9.17) is 27.1 Å². The second-order valence-corrected chi connectivity index (χ2v) is 5.20. The number of ether oxygens (including phenoxy) is 2. The van der Waals surface area contributed by atoms with Gasteiger partial charge in [0.2, 0.25) is 0 Å². The van der Waals surface area contributed by atoms with Crippen LogP contribution in [0.3, 0.4) is 0 Å². The summed E-state index contributed by atoms with van der Waals surface area (Å²) in [5.41, 5.74) is 0. The first kappa shape index (κ1) is 14.2. The molecule has 2 radical (unpaired) electrons. The summed E-state index contributed by atoms with van der Waals surface area (Å²) < 4.78 is 25.7. The summed E-state index contributed by atoms with van der Waals surface area (Å²) in [6.45, 7) is 3.50. The predicted molar refractivity (Wildman–Crippen MR) is 57.0 cm³/mol. The second kappa shape index (κ2) is 5.62. The van der Waals surface area contributed by atoms with Crippen LogP contribution in [0.15, 0.2) is 0 Å². The molecule has 3 atom stereocenters. The van der Waals surface area contributed by atoms with Gasteiger partial charge in [-0.2, -0.15) is 0 Å². The lowest BCUT2D eigenvalue weighted by molar-refractivity contribution is -0.0572. The quantitative estimate of drug-likeness (QED) is 0.534. The van der Waals surface area contributed by atoms with Gasteiger partial charge in [0.25, 0.3) is 0 Å². The van der Waals surface area contributed by atoms with Crippen molar-refractivity contribution in [2.45, 2.75) is 44.6 Å². The average molecular weight is 250 g/mol. The van der Waals surface area contributed by atoms with E-state index in [0.29, 0.717) is 6.42 Å². The minimum atomic E-state index is -4.48. The number of phosphoric ester groups is 1. The van der Waals surface area contributed by atoms with Gasteiger partial charge in [-0.15, -0.1) is 0 Å². The van der Waals surface area contributed by atoms with Gasteiger partial charge >= 0.3 is 7.82 Å². The lowest BCUT2D eigenvalue weighted by atomic mass is 9.96. The van der Waals surface area contributed by atoms with E-state index in [1.165, 1.54) is 0 Å². The van der Waals surface area contributed by atoms with Crippen molar-refractivity contribution in [3.63, 3.8) is 0 Å². The molecule has 0 spiro atoms. The minimum absolute atomic E-state index is 0.00328. The van der Waals surface area contributed by atoms with Crippen LogP contribution in [0, 0.1) is 0 Å². The molecular formula is C8H16BO6P. The summed E-state index contributed by atoms with van der Waals surface area (Å²) in [4.78, 5) is 17.1. The molecule has 0 unspecified atom stereocenters. The van der Waals surface area contributed by atoms with Crippen LogP contribution in [0.4, 0.5) is 0 Å². The topological polar surface area (TPSA) is 85.2 Å². The molecule has 1 fully saturated rings. The summed E-state index contributed by atoms with van der Waals surface area (Å²) in [5.74, 6) is 0. The highest BCUT2D eigenvalue weighted by atomic mass is 31.2. The Kier molecular flexibility index (Phi) is 4.97. The molecule has 1 rings (SSSR count). The van der Waals surface area contributed by atoms with E-state index in [2.05, 4.69) is 4.52 Å². The zero-order valence-electron chi connectivity index (χ0n) is 9.28. The third kappa shape index (κ3) is 4.95. The van der Waals surface area contributed by atoms with Crippen molar-refractivity contribution in [1.29, 1.82) is 0 Å². The van der Waals surface area contributed by atoms with Crippen molar-refractivity contribution < 1.29 is 28.3 Å². The van der Waals surface area contributed by atoms with Gasteiger partial charge in [-0.3, -0.25) is 4.52 Å². The molecule has 1 heterocycles. The predicted octanol–water partition coefficient (Wildman–Crippen LogP) is 0.173. The molecule has 0 aromatic carbocycles. The first-order chi connectivity index (χ1) is 7.28. The van der Waals surface area contributed by atoms with Crippen molar-refractivity contribution in [1.82, 2.24) is 0 Å². The summed E-state index contributed by atoms with van der Waals surface area (Å²) >= 11 is 0. The molecule has 92 valence electrons. The summed E-state index contributed by atoms with van der Waals surface area (Å²) in [5, 5.41) is 0. The Balaban J connectivity index is 2.46. The Labute approximate surface area is 95.9 Å². The van der Waals surface area contributed by atoms with Gasteiger partial charge in [0.1, 0.15) is 14.0 Å². The van der Waals surface area contributed by atoms with Crippen molar-refractivity contribution in [2.24, 2.45) is 0 Å². The highest BCUT2D eigenvalue weighted by Gasteiger charge is 2.35. The van der Waals surface area contributed by atoms with E-state index in [0.717, 1.165) is 0 Å². The molecule has 0 saturated carbocycles. The highest BCUT2D eigenvalue weighted by molar-refractivity contribution is 7.46. The zero-order valence-corrected chi connectivity index (χ0v) is 10.2. The lowest BCUT2D eigenvalue weighted by Gasteiger charge is -2.21. The van der Waals surface area contributed by atoms with Crippen molar-refractivity contribution in [3.8, 4) is 0 Å². The van der Waals surface area contributed by atoms with Crippen molar-refractivity contribution in [2.75, 3.05) is 6.61 Å². The van der Waals surface area contributed by atoms with Gasteiger partial charge in [0.05, 0.1) is 18.8 Å². The summed E-state index contributed by atoms with van der Waals surface area (Å²) in [6.07, 6.45) is -0.337. The van der Waals surface area contributed by atoms with Gasteiger partial charge < -0.3 is 19.3 Å². The lowest BCUT2D eigenvalue weighted by Crippen LogP contribution is -2.30. The van der Waals surface area contributed by atoms with Gasteiger partial charge in [-0.05, 0) is 20.3 Å². The number of hydrogen-bond acceptors (Lipinski definition) is 4. The molecule has 16 heavy (non-hydrogen) atoms. The Morgan fingerprint density at radius 3 is 2.69 bits per heavy atom. The number of hydrogen-bond donors (Lipinski definition) is 2. The SMILES string of the molecule is [B][C@H]1C[C@@H](OC(C)C)[C@@H](COP(=O)(O)O)O1. The van der Waals surface area contributed by atoms with E-state index in [1.54, 1.807) is 0 Å². The van der Waals surface area contributed by atoms with E-state index < -0.39 is 19.9 Å². The van der Waals surface area contributed by atoms with Crippen LogP contribution in [0.2, 0.25) is 0 Å². The van der Waals surface area contributed by atoms with Crippen LogP contribution in [-0.2, 0) is 18.6 Å². The molecule has 6 nitrogen and oxygen atoms in total. The van der Waals surface area contributed by atoms with Crippen LogP contribution >= 0.6 is 7.82 Å². The molecule has 0 aliphatic carbocycles. The fourth-order valence-corrected chi connectivity index (χ4v) is 1.90. The van der Waals surface area contributed by atoms with Crippen LogP contribution in [0.5, 0.6) is 0 Å². The number of rotatable bonds is 5. The fraction of sp³-hybridized carbons (Fsp3) is 1.00. The second-order valence-electron chi connectivity index (χ2n) is 3.96. The normalized spacial score (nSPS) is 31.2. The van der Waals surface area contributed by atoms with Crippen LogP contribution < -0.4 is 0 Å². The standard InChI is InChI=1S/C8H16BO6P/c1-5(2)14-6-3-8(9)15-7(6)4-13-16(10,11)12/h5-8H,3-4H2,1-2H3,(H2,10,11,12)/t6-,7-,8-/m1/s1. The van der Waals surface area contributed by atoms with Crippen molar-refractivity contribution >= 4 is 15.7 Å². The van der Waals surface area contributed by atoms with E-state index in [9.17, 15) is 4.57 Å². The third-order valence-corrected chi connectivity index (χ3v) is 2.57. The molecule has 1 saturated heterocycles. The zero-order chi connectivity index (χ0) is 12.3. The maximum Gasteiger partial charge on any atom is 0.469 e. The smallest absolute Gasteiger partial charge is 0.380 e. The van der Waals surface area contributed by atoms with E-state index in [1.807, 2.05) is 13.8 Å². The third-order valence-electron chi connectivity index (χ3n) is 2.08. The molecule has 1 aliphatic rings. The monoisotopic (exact) mass is 250 g/mol. The maximum atomic E-state index is 10.5. The van der Waals surface area contributed by atoms with Crippen molar-refractivity contribution in [3.05, 3.63) is 0 Å². The molecule has 1 aliphatic heterocycles. The van der Waals surface area contributed by atoms with Crippen LogP contribution in [-0.4, -0.2) is 48.6 Å².